The lowest BCUT2D eigenvalue weighted by molar-refractivity contribution is -0.120. The number of hydrogen-bond donors (Lipinski definition) is 1. The third kappa shape index (κ3) is 4.65. The van der Waals surface area contributed by atoms with Crippen LogP contribution in [0, 0.1) is 0 Å². The smallest absolute Gasteiger partial charge is 0.266 e. The van der Waals surface area contributed by atoms with Gasteiger partial charge in [0, 0.05) is 10.9 Å². The van der Waals surface area contributed by atoms with Crippen molar-refractivity contribution < 1.29 is 9.53 Å². The van der Waals surface area contributed by atoms with Crippen LogP contribution in [0.15, 0.2) is 76.0 Å². The van der Waals surface area contributed by atoms with Crippen molar-refractivity contribution in [3.8, 4) is 11.4 Å². The number of carbonyl (C=O) groups excluding carboxylic acids is 1. The molecule has 2 aromatic heterocycles. The van der Waals surface area contributed by atoms with Crippen LogP contribution in [-0.4, -0.2) is 27.8 Å². The molecule has 4 aromatic rings. The Morgan fingerprint density at radius 1 is 1.19 bits per heavy atom. The van der Waals surface area contributed by atoms with Gasteiger partial charge in [0.05, 0.1) is 35.5 Å². The molecule has 0 fully saturated rings. The number of methoxy groups -OCH3 is 1. The van der Waals surface area contributed by atoms with Crippen LogP contribution in [0.1, 0.15) is 11.8 Å². The van der Waals surface area contributed by atoms with Gasteiger partial charge in [-0.2, -0.15) is 0 Å². The summed E-state index contributed by atoms with van der Waals surface area (Å²) in [7, 11) is 1.58. The van der Waals surface area contributed by atoms with Crippen molar-refractivity contribution in [2.24, 2.45) is 0 Å². The largest absolute Gasteiger partial charge is 0.497 e. The Bertz CT molecular complexity index is 1270. The summed E-state index contributed by atoms with van der Waals surface area (Å²) in [6, 6.07) is 18.4. The average molecular weight is 452 g/mol. The molecule has 0 spiro atoms. The number of hydrogen-bond acceptors (Lipinski definition) is 6. The molecule has 4 rings (SSSR count). The Balaban J connectivity index is 1.70. The fourth-order valence-electron chi connectivity index (χ4n) is 3.11. The van der Waals surface area contributed by atoms with Crippen molar-refractivity contribution in [2.45, 2.75) is 23.9 Å². The molecule has 6 nitrogen and oxygen atoms in total. The molecular weight excluding hydrogens is 430 g/mol. The number of nitrogens with zero attached hydrogens (tertiary/aromatic N) is 2. The van der Waals surface area contributed by atoms with Gasteiger partial charge in [0.1, 0.15) is 5.75 Å². The van der Waals surface area contributed by atoms with Gasteiger partial charge in [0.25, 0.3) is 5.56 Å². The summed E-state index contributed by atoms with van der Waals surface area (Å²) < 4.78 is 6.86. The van der Waals surface area contributed by atoms with Crippen LogP contribution in [-0.2, 0) is 11.3 Å². The minimum Gasteiger partial charge on any atom is -0.497 e. The van der Waals surface area contributed by atoms with E-state index in [4.69, 9.17) is 9.72 Å². The van der Waals surface area contributed by atoms with Crippen LogP contribution in [0.4, 0.5) is 0 Å². The number of rotatable bonds is 7. The molecule has 1 amide bonds. The predicted octanol–water partition coefficient (Wildman–Crippen LogP) is 4.25. The lowest BCUT2D eigenvalue weighted by atomic mass is 10.2. The molecular formula is C23H21N3O3S2. The lowest BCUT2D eigenvalue weighted by Gasteiger charge is -2.17. The van der Waals surface area contributed by atoms with Gasteiger partial charge in [0.2, 0.25) is 5.91 Å². The van der Waals surface area contributed by atoms with E-state index in [1.807, 2.05) is 54.8 Å². The standard InChI is InChI=1S/C23H21N3O3S2/c1-15(21(27)24-14-18-9-6-12-30-18)31-23-25-20-11-4-3-10-19(20)22(28)26(23)16-7-5-8-17(13-16)29-2/h3-13,15H,14H2,1-2H3,(H,24,27). The zero-order valence-corrected chi connectivity index (χ0v) is 18.7. The highest BCUT2D eigenvalue weighted by Gasteiger charge is 2.20. The molecule has 0 aliphatic rings. The number of aromatic nitrogens is 2. The first-order valence-electron chi connectivity index (χ1n) is 9.70. The number of carbonyl (C=O) groups is 1. The van der Waals surface area contributed by atoms with E-state index in [0.717, 1.165) is 4.88 Å². The molecule has 8 heteroatoms. The summed E-state index contributed by atoms with van der Waals surface area (Å²) in [5.41, 5.74) is 1.05. The molecule has 158 valence electrons. The monoisotopic (exact) mass is 451 g/mol. The van der Waals surface area contributed by atoms with Gasteiger partial charge >= 0.3 is 0 Å². The summed E-state index contributed by atoms with van der Waals surface area (Å²) in [5.74, 6) is 0.522. The first-order valence-corrected chi connectivity index (χ1v) is 11.5. The number of para-hydroxylation sites is 1. The van der Waals surface area contributed by atoms with Crippen molar-refractivity contribution in [3.63, 3.8) is 0 Å². The zero-order valence-electron chi connectivity index (χ0n) is 17.1. The van der Waals surface area contributed by atoms with Crippen molar-refractivity contribution >= 4 is 39.9 Å². The number of thioether (sulfide) groups is 1. The molecule has 2 heterocycles. The number of ether oxygens (including phenoxy) is 1. The quantitative estimate of drug-likeness (QED) is 0.336. The molecule has 0 aliphatic carbocycles. The summed E-state index contributed by atoms with van der Waals surface area (Å²) >= 11 is 2.85. The maximum Gasteiger partial charge on any atom is 0.266 e. The molecule has 1 unspecified atom stereocenters. The molecule has 0 aliphatic heterocycles. The van der Waals surface area contributed by atoms with E-state index in [1.165, 1.54) is 11.8 Å². The van der Waals surface area contributed by atoms with Gasteiger partial charge in [-0.1, -0.05) is 36.0 Å². The van der Waals surface area contributed by atoms with Gasteiger partial charge in [-0.3, -0.25) is 14.2 Å². The molecule has 0 radical (unpaired) electrons. The van der Waals surface area contributed by atoms with Crippen LogP contribution in [0.3, 0.4) is 0 Å². The number of amides is 1. The van der Waals surface area contributed by atoms with E-state index < -0.39 is 5.25 Å². The molecule has 2 aromatic carbocycles. The van der Waals surface area contributed by atoms with Gasteiger partial charge in [-0.15, -0.1) is 11.3 Å². The van der Waals surface area contributed by atoms with E-state index in [2.05, 4.69) is 5.32 Å². The highest BCUT2D eigenvalue weighted by atomic mass is 32.2. The SMILES string of the molecule is COc1cccc(-n2c(SC(C)C(=O)NCc3cccs3)nc3ccccc3c2=O)c1. The second-order valence-electron chi connectivity index (χ2n) is 6.81. The van der Waals surface area contributed by atoms with Crippen molar-refractivity contribution in [1.82, 2.24) is 14.9 Å². The van der Waals surface area contributed by atoms with Gasteiger partial charge in [-0.25, -0.2) is 4.98 Å². The Morgan fingerprint density at radius 2 is 2.03 bits per heavy atom. The third-order valence-corrected chi connectivity index (χ3v) is 6.65. The van der Waals surface area contributed by atoms with Crippen molar-refractivity contribution in [2.75, 3.05) is 7.11 Å². The maximum atomic E-state index is 13.4. The lowest BCUT2D eigenvalue weighted by Crippen LogP contribution is -2.31. The van der Waals surface area contributed by atoms with E-state index in [0.29, 0.717) is 34.0 Å². The average Bonchev–Trinajstić information content (AvgIpc) is 3.31. The number of nitrogens with one attached hydrogen (secondary N) is 1. The summed E-state index contributed by atoms with van der Waals surface area (Å²) in [6.45, 7) is 2.29. The van der Waals surface area contributed by atoms with E-state index in [9.17, 15) is 9.59 Å². The Kier molecular flexibility index (Phi) is 6.39. The van der Waals surface area contributed by atoms with E-state index in [-0.39, 0.29) is 11.5 Å². The Labute approximate surface area is 187 Å². The van der Waals surface area contributed by atoms with Gasteiger partial charge in [0.15, 0.2) is 5.16 Å². The normalized spacial score (nSPS) is 11.9. The zero-order chi connectivity index (χ0) is 21.8. The first kappa shape index (κ1) is 21.1. The fraction of sp³-hybridized carbons (Fsp3) is 0.174. The van der Waals surface area contributed by atoms with E-state index in [1.54, 1.807) is 41.2 Å². The molecule has 0 bridgehead atoms. The van der Waals surface area contributed by atoms with Crippen molar-refractivity contribution in [1.29, 1.82) is 0 Å². The highest BCUT2D eigenvalue weighted by Crippen LogP contribution is 2.26. The highest BCUT2D eigenvalue weighted by molar-refractivity contribution is 8.00. The second-order valence-corrected chi connectivity index (χ2v) is 9.15. The Morgan fingerprint density at radius 3 is 2.81 bits per heavy atom. The number of thiophene rings is 1. The van der Waals surface area contributed by atoms with E-state index >= 15 is 0 Å². The summed E-state index contributed by atoms with van der Waals surface area (Å²) in [6.07, 6.45) is 0. The number of benzene rings is 2. The molecule has 0 saturated carbocycles. The molecule has 0 saturated heterocycles. The van der Waals surface area contributed by atoms with Crippen LogP contribution in [0.25, 0.3) is 16.6 Å². The van der Waals surface area contributed by atoms with Crippen LogP contribution < -0.4 is 15.6 Å². The molecule has 1 atom stereocenters. The van der Waals surface area contributed by atoms with Crippen LogP contribution in [0.5, 0.6) is 5.75 Å². The van der Waals surface area contributed by atoms with Gasteiger partial charge < -0.3 is 10.1 Å². The predicted molar refractivity (Wildman–Crippen MR) is 125 cm³/mol. The number of fused-ring (bicyclic) bond motifs is 1. The van der Waals surface area contributed by atoms with Crippen molar-refractivity contribution in [3.05, 3.63) is 81.3 Å². The minimum atomic E-state index is -0.440. The summed E-state index contributed by atoms with van der Waals surface area (Å²) in [5, 5.41) is 5.46. The first-order chi connectivity index (χ1) is 15.1. The Hall–Kier alpha value is -3.10. The minimum absolute atomic E-state index is 0.113. The summed E-state index contributed by atoms with van der Waals surface area (Å²) in [4.78, 5) is 31.8. The van der Waals surface area contributed by atoms with Gasteiger partial charge in [-0.05, 0) is 42.6 Å². The molecule has 1 N–H and O–H groups in total. The van der Waals surface area contributed by atoms with Crippen LogP contribution >= 0.6 is 23.1 Å². The topological polar surface area (TPSA) is 73.2 Å². The van der Waals surface area contributed by atoms with Crippen LogP contribution in [0.2, 0.25) is 0 Å². The fourth-order valence-corrected chi connectivity index (χ4v) is 4.71. The third-order valence-electron chi connectivity index (χ3n) is 4.72. The second kappa shape index (κ2) is 9.36. The maximum absolute atomic E-state index is 13.4. The molecule has 31 heavy (non-hydrogen) atoms.